The fourth-order valence-corrected chi connectivity index (χ4v) is 2.04. The van der Waals surface area contributed by atoms with E-state index in [-0.39, 0.29) is 24.8 Å². The molecule has 0 bridgehead atoms. The van der Waals surface area contributed by atoms with E-state index < -0.39 is 11.6 Å². The number of hydrogen-bond donors (Lipinski definition) is 1. The van der Waals surface area contributed by atoms with Gasteiger partial charge >= 0.3 is 5.79 Å². The van der Waals surface area contributed by atoms with Crippen LogP contribution in [-0.4, -0.2) is 38.4 Å². The Morgan fingerprint density at radius 1 is 1.47 bits per heavy atom. The van der Waals surface area contributed by atoms with E-state index in [4.69, 9.17) is 14.2 Å². The Labute approximate surface area is 116 Å². The smallest absolute Gasteiger partial charge is 0.304 e. The van der Waals surface area contributed by atoms with E-state index in [2.05, 4.69) is 10.3 Å². The number of rotatable bonds is 2. The number of benzene rings is 1. The van der Waals surface area contributed by atoms with Crippen LogP contribution in [0.15, 0.2) is 23.2 Å². The summed E-state index contributed by atoms with van der Waals surface area (Å²) in [5, 5.41) is 3.07. The molecular weight excluding hydrogens is 275 g/mol. The monoisotopic (exact) mass is 288 g/mol. The van der Waals surface area contributed by atoms with Crippen molar-refractivity contribution in [2.45, 2.75) is 5.79 Å². The van der Waals surface area contributed by atoms with Crippen molar-refractivity contribution < 1.29 is 18.6 Å². The maximum atomic E-state index is 13.7. The Morgan fingerprint density at radius 2 is 2.32 bits per heavy atom. The second kappa shape index (κ2) is 5.22. The Bertz CT molecular complexity index is 512. The van der Waals surface area contributed by atoms with Crippen LogP contribution in [-0.2, 0) is 4.74 Å². The summed E-state index contributed by atoms with van der Waals surface area (Å²) >= 11 is 0. The van der Waals surface area contributed by atoms with Crippen LogP contribution in [0.2, 0.25) is 0 Å². The van der Waals surface area contributed by atoms with Crippen molar-refractivity contribution in [3.8, 4) is 11.5 Å². The zero-order valence-corrected chi connectivity index (χ0v) is 11.1. The van der Waals surface area contributed by atoms with Crippen molar-refractivity contribution in [1.82, 2.24) is 5.32 Å². The first-order valence-electron chi connectivity index (χ1n) is 5.69. The number of nitrogens with one attached hydrogen (secondary N) is 1. The topological polar surface area (TPSA) is 52.1 Å². The van der Waals surface area contributed by atoms with Gasteiger partial charge in [-0.25, -0.2) is 4.39 Å². The third kappa shape index (κ3) is 2.21. The lowest BCUT2D eigenvalue weighted by Crippen LogP contribution is -2.57. The molecule has 5 nitrogen and oxygen atoms in total. The molecule has 1 aromatic carbocycles. The first kappa shape index (κ1) is 13.9. The Balaban J connectivity index is 0.00000133. The minimum Gasteiger partial charge on any atom is -0.482 e. The molecular formula is C12H14ClFN2O3. The van der Waals surface area contributed by atoms with E-state index in [0.717, 1.165) is 0 Å². The summed E-state index contributed by atoms with van der Waals surface area (Å²) in [7, 11) is 1.48. The van der Waals surface area contributed by atoms with Gasteiger partial charge in [-0.3, -0.25) is 4.99 Å². The number of halogens is 2. The van der Waals surface area contributed by atoms with Crippen LogP contribution in [0, 0.1) is 5.82 Å². The fraction of sp³-hybridized carbons (Fsp3) is 0.417. The number of nitrogens with zero attached hydrogens (tertiary/aromatic N) is 1. The summed E-state index contributed by atoms with van der Waals surface area (Å²) in [5.74, 6) is -0.694. The van der Waals surface area contributed by atoms with Crippen LogP contribution in [0.4, 0.5) is 4.39 Å². The van der Waals surface area contributed by atoms with E-state index in [1.807, 2.05) is 0 Å². The van der Waals surface area contributed by atoms with Crippen LogP contribution in [0.5, 0.6) is 11.5 Å². The fourth-order valence-electron chi connectivity index (χ4n) is 2.04. The lowest BCUT2D eigenvalue weighted by Gasteiger charge is -2.36. The summed E-state index contributed by atoms with van der Waals surface area (Å²) in [6.45, 7) is 1.49. The third-order valence-corrected chi connectivity index (χ3v) is 2.98. The third-order valence-electron chi connectivity index (χ3n) is 2.98. The molecule has 2 aliphatic heterocycles. The summed E-state index contributed by atoms with van der Waals surface area (Å²) in [6.07, 6.45) is 0. The van der Waals surface area contributed by atoms with E-state index in [1.165, 1.54) is 13.2 Å². The van der Waals surface area contributed by atoms with Gasteiger partial charge in [0.15, 0.2) is 24.0 Å². The predicted octanol–water partition coefficient (Wildman–Crippen LogP) is 1.36. The highest BCUT2D eigenvalue weighted by Gasteiger charge is 2.45. The zero-order valence-electron chi connectivity index (χ0n) is 10.3. The van der Waals surface area contributed by atoms with Crippen LogP contribution in [0.3, 0.4) is 0 Å². The summed E-state index contributed by atoms with van der Waals surface area (Å²) < 4.78 is 30.3. The first-order valence-corrected chi connectivity index (χ1v) is 5.69. The molecule has 0 fully saturated rings. The number of hydrogen-bond acceptors (Lipinski definition) is 5. The molecule has 0 saturated carbocycles. The Kier molecular flexibility index (Phi) is 3.82. The van der Waals surface area contributed by atoms with E-state index >= 15 is 0 Å². The van der Waals surface area contributed by atoms with Gasteiger partial charge in [0.1, 0.15) is 0 Å². The standard InChI is InChI=1S/C12H13FN2O3.ClH/c1-16-12(11-14-5-6-15-11)7-17-9-4-2-3-8(13)10(9)18-12;/h2-4H,5-7H2,1H3,(H,14,15);1H. The van der Waals surface area contributed by atoms with Crippen LogP contribution in [0.1, 0.15) is 0 Å². The Morgan fingerprint density at radius 3 is 3.00 bits per heavy atom. The van der Waals surface area contributed by atoms with Crippen LogP contribution >= 0.6 is 12.4 Å². The first-order chi connectivity index (χ1) is 8.75. The van der Waals surface area contributed by atoms with Gasteiger partial charge in [-0.1, -0.05) is 6.07 Å². The molecule has 0 saturated heterocycles. The number of para-hydroxylation sites is 1. The van der Waals surface area contributed by atoms with Crippen molar-refractivity contribution in [3.05, 3.63) is 24.0 Å². The number of ether oxygens (including phenoxy) is 3. The van der Waals surface area contributed by atoms with Crippen LogP contribution < -0.4 is 14.8 Å². The lowest BCUT2D eigenvalue weighted by atomic mass is 10.2. The maximum absolute atomic E-state index is 13.7. The van der Waals surface area contributed by atoms with Gasteiger partial charge in [-0.15, -0.1) is 12.4 Å². The zero-order chi connectivity index (χ0) is 12.6. The highest BCUT2D eigenvalue weighted by molar-refractivity contribution is 5.91. The molecule has 104 valence electrons. The van der Waals surface area contributed by atoms with Gasteiger partial charge in [0, 0.05) is 13.7 Å². The molecule has 1 aromatic rings. The largest absolute Gasteiger partial charge is 0.482 e. The molecule has 2 heterocycles. The average Bonchev–Trinajstić information content (AvgIpc) is 2.93. The van der Waals surface area contributed by atoms with Crippen molar-refractivity contribution in [1.29, 1.82) is 0 Å². The molecule has 2 aliphatic rings. The molecule has 0 spiro atoms. The normalized spacial score (nSPS) is 24.2. The SMILES string of the molecule is COC1(C2=NCCN2)COc2cccc(F)c2O1.Cl. The number of methoxy groups -OCH3 is 1. The van der Waals surface area contributed by atoms with E-state index in [1.54, 1.807) is 12.1 Å². The lowest BCUT2D eigenvalue weighted by molar-refractivity contribution is -0.147. The molecule has 0 aromatic heterocycles. The molecule has 3 rings (SSSR count). The van der Waals surface area contributed by atoms with E-state index in [9.17, 15) is 4.39 Å². The minimum atomic E-state index is -1.19. The molecule has 0 aliphatic carbocycles. The summed E-state index contributed by atoms with van der Waals surface area (Å²) in [6, 6.07) is 4.54. The highest BCUT2D eigenvalue weighted by atomic mass is 35.5. The molecule has 1 unspecified atom stereocenters. The predicted molar refractivity (Wildman–Crippen MR) is 69.8 cm³/mol. The number of amidine groups is 1. The summed E-state index contributed by atoms with van der Waals surface area (Å²) in [4.78, 5) is 4.26. The minimum absolute atomic E-state index is 0. The van der Waals surface area contributed by atoms with Gasteiger partial charge in [0.25, 0.3) is 0 Å². The second-order valence-electron chi connectivity index (χ2n) is 4.07. The molecule has 1 N–H and O–H groups in total. The van der Waals surface area contributed by atoms with Gasteiger partial charge in [-0.2, -0.15) is 0 Å². The molecule has 7 heteroatoms. The van der Waals surface area contributed by atoms with Gasteiger partial charge < -0.3 is 19.5 Å². The Hall–Kier alpha value is -1.53. The van der Waals surface area contributed by atoms with Crippen molar-refractivity contribution in [2.24, 2.45) is 4.99 Å². The summed E-state index contributed by atoms with van der Waals surface area (Å²) in [5.41, 5.74) is 0. The number of aliphatic imine (C=N–C) groups is 1. The molecule has 0 amide bonds. The van der Waals surface area contributed by atoms with Gasteiger partial charge in [-0.05, 0) is 12.1 Å². The molecule has 0 radical (unpaired) electrons. The van der Waals surface area contributed by atoms with Crippen LogP contribution in [0.25, 0.3) is 0 Å². The molecule has 19 heavy (non-hydrogen) atoms. The molecule has 1 atom stereocenters. The second-order valence-corrected chi connectivity index (χ2v) is 4.07. The van der Waals surface area contributed by atoms with E-state index in [0.29, 0.717) is 24.7 Å². The maximum Gasteiger partial charge on any atom is 0.304 e. The van der Waals surface area contributed by atoms with Crippen molar-refractivity contribution >= 4 is 18.2 Å². The highest BCUT2D eigenvalue weighted by Crippen LogP contribution is 2.38. The quantitative estimate of drug-likeness (QED) is 0.893. The van der Waals surface area contributed by atoms with Crippen molar-refractivity contribution in [3.63, 3.8) is 0 Å². The van der Waals surface area contributed by atoms with Gasteiger partial charge in [0.05, 0.1) is 6.54 Å². The van der Waals surface area contributed by atoms with Crippen molar-refractivity contribution in [2.75, 3.05) is 26.8 Å². The average molecular weight is 289 g/mol. The van der Waals surface area contributed by atoms with Gasteiger partial charge in [0.2, 0.25) is 5.75 Å². The number of fused-ring (bicyclic) bond motifs is 1.